The zero-order chi connectivity index (χ0) is 30.5. The summed E-state index contributed by atoms with van der Waals surface area (Å²) in [6.45, 7) is 13.7. The van der Waals surface area contributed by atoms with Gasteiger partial charge in [-0.15, -0.1) is 0 Å². The van der Waals surface area contributed by atoms with Crippen molar-refractivity contribution in [2.75, 3.05) is 26.7 Å². The van der Waals surface area contributed by atoms with E-state index in [1.54, 1.807) is 0 Å². The molecule has 4 N–H and O–H groups in total. The Bertz CT molecular complexity index is 1270. The molecular formula is C33H42Cl2N2P2RuS+4. The summed E-state index contributed by atoms with van der Waals surface area (Å²) >= 11 is 5.57. The van der Waals surface area contributed by atoms with Crippen molar-refractivity contribution >= 4 is 62.9 Å². The Kier molecular flexibility index (Phi) is 16.4. The predicted molar refractivity (Wildman–Crippen MR) is 191 cm³/mol. The van der Waals surface area contributed by atoms with Crippen LogP contribution in [0.25, 0.3) is 0 Å². The summed E-state index contributed by atoms with van der Waals surface area (Å²) in [5.74, 6) is 0. The molecule has 0 bridgehead atoms. The van der Waals surface area contributed by atoms with Gasteiger partial charge in [0.1, 0.15) is 0 Å². The molecular weight excluding hydrogens is 690 g/mol. The van der Waals surface area contributed by atoms with E-state index < -0.39 is 15.8 Å². The van der Waals surface area contributed by atoms with Crippen LogP contribution < -0.4 is 22.1 Å². The molecule has 2 unspecified atom stereocenters. The first kappa shape index (κ1) is 36.1. The van der Waals surface area contributed by atoms with E-state index in [-0.39, 0.29) is 27.2 Å². The van der Waals surface area contributed by atoms with Crippen molar-refractivity contribution in [1.29, 1.82) is 0 Å². The Labute approximate surface area is 270 Å². The molecule has 0 fully saturated rings. The molecule has 4 aromatic carbocycles. The summed E-state index contributed by atoms with van der Waals surface area (Å²) in [6.07, 6.45) is 0. The number of rotatable bonds is 7. The molecule has 0 aromatic heterocycles. The molecule has 218 valence electrons. The topological polar surface area (TPSA) is 52.0 Å². The summed E-state index contributed by atoms with van der Waals surface area (Å²) in [4.78, 5) is 1.03. The fourth-order valence-electron chi connectivity index (χ4n) is 4.45. The van der Waals surface area contributed by atoms with E-state index in [4.69, 9.17) is 43.1 Å². The second-order valence-electron chi connectivity index (χ2n) is 10.4. The molecule has 0 saturated carbocycles. The zero-order valence-electron chi connectivity index (χ0n) is 24.6. The Hall–Kier alpha value is -1.05. The van der Waals surface area contributed by atoms with Gasteiger partial charge < -0.3 is 11.5 Å². The van der Waals surface area contributed by atoms with Crippen molar-refractivity contribution in [3.05, 3.63) is 130 Å². The monoisotopic (exact) mass is 732 g/mol. The van der Waals surface area contributed by atoms with Gasteiger partial charge in [-0.05, 0) is 60.4 Å². The van der Waals surface area contributed by atoms with Gasteiger partial charge in [0, 0.05) is 39.1 Å². The fraction of sp³-hybridized carbons (Fsp3) is 0.242. The molecule has 41 heavy (non-hydrogen) atoms. The molecule has 0 aliphatic rings. The van der Waals surface area contributed by atoms with Crippen LogP contribution in [0.3, 0.4) is 0 Å². The van der Waals surface area contributed by atoms with Crippen LogP contribution in [-0.2, 0) is 15.1 Å². The number of hydrogen-bond acceptors (Lipinski definition) is 3. The zero-order valence-corrected chi connectivity index (χ0v) is 30.6. The maximum atomic E-state index is 6.15. The second-order valence-corrected chi connectivity index (χ2v) is 18.5. The van der Waals surface area contributed by atoms with Crippen LogP contribution in [0.1, 0.15) is 45.5 Å². The molecule has 8 heteroatoms. The van der Waals surface area contributed by atoms with Gasteiger partial charge in [0.15, 0.2) is 0 Å². The van der Waals surface area contributed by atoms with Crippen LogP contribution in [0.15, 0.2) is 97.1 Å². The average Bonchev–Trinajstić information content (AvgIpc) is 2.97. The van der Waals surface area contributed by atoms with E-state index in [1.807, 2.05) is 60.7 Å². The molecule has 2 atom stereocenters. The normalized spacial score (nSPS) is 12.1. The van der Waals surface area contributed by atoms with Gasteiger partial charge in [-0.3, -0.25) is 0 Å². The summed E-state index contributed by atoms with van der Waals surface area (Å²) in [5.41, 5.74) is 19.6. The molecule has 0 aliphatic carbocycles. The van der Waals surface area contributed by atoms with E-state index in [0.29, 0.717) is 0 Å². The van der Waals surface area contributed by atoms with Gasteiger partial charge >= 0.3 is 34.5 Å². The Balaban J connectivity index is 0.000000272. The van der Waals surface area contributed by atoms with Crippen LogP contribution >= 0.6 is 47.4 Å². The molecule has 0 aliphatic heterocycles. The van der Waals surface area contributed by atoms with Crippen molar-refractivity contribution in [3.63, 3.8) is 0 Å². The number of halogens is 2. The van der Waals surface area contributed by atoms with Crippen molar-refractivity contribution in [3.8, 4) is 0 Å². The van der Waals surface area contributed by atoms with E-state index in [9.17, 15) is 0 Å². The number of aryl methyl sites for hydroxylation is 2. The van der Waals surface area contributed by atoms with E-state index in [1.165, 1.54) is 32.9 Å². The Morgan fingerprint density at radius 3 is 1.24 bits per heavy atom. The number of nitrogens with two attached hydrogens (primary N) is 2. The number of benzene rings is 4. The molecule has 0 spiro atoms. The quantitative estimate of drug-likeness (QED) is 0.0877. The van der Waals surface area contributed by atoms with Crippen LogP contribution in [-0.4, -0.2) is 31.5 Å². The van der Waals surface area contributed by atoms with Gasteiger partial charge in [0.25, 0.3) is 0 Å². The van der Waals surface area contributed by atoms with Crippen molar-refractivity contribution < 1.29 is 15.1 Å². The van der Waals surface area contributed by atoms with Crippen LogP contribution in [0.5, 0.6) is 0 Å². The average molecular weight is 733 g/mol. The van der Waals surface area contributed by atoms with Crippen LogP contribution in [0.2, 0.25) is 0 Å². The van der Waals surface area contributed by atoms with Gasteiger partial charge in [-0.1, -0.05) is 85.0 Å². The third-order valence-electron chi connectivity index (χ3n) is 6.67. The molecule has 4 rings (SSSR count). The van der Waals surface area contributed by atoms with Gasteiger partial charge in [-0.25, -0.2) is 0 Å². The fourth-order valence-corrected chi connectivity index (χ4v) is 7.51. The molecule has 0 amide bonds. The first-order valence-corrected chi connectivity index (χ1v) is 23.2. The molecule has 2 nitrogen and oxygen atoms in total. The SMILES string of the molecule is Cc1ccc(C(=S)c2ccc(C)cc2[PH+](C)C)c([PH+](C)C)c1.NC(c1ccccc1)C(N)c1ccccc1.[Cl][Ru+2][Cl]. The Morgan fingerprint density at radius 1 is 0.634 bits per heavy atom. The molecule has 4 aromatic rings. The minimum atomic E-state index is -0.536. The van der Waals surface area contributed by atoms with E-state index in [2.05, 4.69) is 76.9 Å². The van der Waals surface area contributed by atoms with E-state index >= 15 is 0 Å². The molecule has 0 saturated heterocycles. The standard InChI is InChI=1S/C19H24P2S.C14H16N2.2ClH.Ru/c1-13-7-9-15(17(11-13)20(3)4)19(22)16-10-8-14(2)12-18(16)21(5)6;15-13(11-7-3-1-4-8-11)14(16)12-9-5-2-6-10-12;;;/h7-12H,1-6H3;1-10,13-14H,15-16H2;2*1H;/q;;;;+4. The van der Waals surface area contributed by atoms with Crippen molar-refractivity contribution in [2.45, 2.75) is 25.9 Å². The summed E-state index contributed by atoms with van der Waals surface area (Å²) in [5, 5.41) is 2.92. The maximum absolute atomic E-state index is 6.15. The minimum absolute atomic E-state index is 0.163. The first-order valence-electron chi connectivity index (χ1n) is 13.3. The van der Waals surface area contributed by atoms with Crippen molar-refractivity contribution in [1.82, 2.24) is 0 Å². The number of thiocarbonyl (C=S) groups is 1. The molecule has 0 radical (unpaired) electrons. The molecule has 0 heterocycles. The van der Waals surface area contributed by atoms with E-state index in [0.717, 1.165) is 16.0 Å². The van der Waals surface area contributed by atoms with Gasteiger partial charge in [0.2, 0.25) is 0 Å². The summed E-state index contributed by atoms with van der Waals surface area (Å²) in [7, 11) is 8.64. The van der Waals surface area contributed by atoms with Crippen LogP contribution in [0, 0.1) is 13.8 Å². The third-order valence-corrected chi connectivity index (χ3v) is 10.1. The third kappa shape index (κ3) is 11.2. The summed E-state index contributed by atoms with van der Waals surface area (Å²) in [6, 6.07) is 33.1. The Morgan fingerprint density at radius 2 is 0.951 bits per heavy atom. The number of hydrogen-bond donors (Lipinski definition) is 2. The van der Waals surface area contributed by atoms with Gasteiger partial charge in [0.05, 0.1) is 42.1 Å². The van der Waals surface area contributed by atoms with Crippen LogP contribution in [0.4, 0.5) is 0 Å². The van der Waals surface area contributed by atoms with Crippen molar-refractivity contribution in [2.24, 2.45) is 11.5 Å². The first-order chi connectivity index (χ1) is 19.5. The predicted octanol–water partition coefficient (Wildman–Crippen LogP) is 8.03. The second kappa shape index (κ2) is 18.6. The van der Waals surface area contributed by atoms with Gasteiger partial charge in [-0.2, -0.15) is 0 Å². The summed E-state index contributed by atoms with van der Waals surface area (Å²) < 4.78 is 0.